The van der Waals surface area contributed by atoms with Crippen LogP contribution in [-0.4, -0.2) is 19.4 Å². The lowest BCUT2D eigenvalue weighted by Gasteiger charge is -2.12. The van der Waals surface area contributed by atoms with E-state index in [-0.39, 0.29) is 0 Å². The molecule has 3 nitrogen and oxygen atoms in total. The largest absolute Gasteiger partial charge is 0.467 e. The van der Waals surface area contributed by atoms with E-state index in [9.17, 15) is 0 Å². The molecule has 1 aliphatic rings. The summed E-state index contributed by atoms with van der Waals surface area (Å²) in [5.41, 5.74) is 2.48. The van der Waals surface area contributed by atoms with Gasteiger partial charge in [0, 0.05) is 24.8 Å². The highest BCUT2D eigenvalue weighted by molar-refractivity contribution is 5.36. The van der Waals surface area contributed by atoms with Crippen LogP contribution in [-0.2, 0) is 11.3 Å². The standard InChI is InChI=1S/C14H21NO2/c1-3-16-10-17-14-7-4-11(2)8-12(14)9-15-13-5-6-13/h4,7-8,13,15H,3,5-6,9-10H2,1-2H3. The third-order valence-electron chi connectivity index (χ3n) is 2.88. The normalized spacial score (nSPS) is 14.9. The van der Waals surface area contributed by atoms with Gasteiger partial charge in [0.15, 0.2) is 6.79 Å². The zero-order valence-corrected chi connectivity index (χ0v) is 10.7. The molecular weight excluding hydrogens is 214 g/mol. The monoisotopic (exact) mass is 235 g/mol. The van der Waals surface area contributed by atoms with E-state index in [1.807, 2.05) is 13.0 Å². The lowest BCUT2D eigenvalue weighted by atomic mass is 10.1. The number of aryl methyl sites for hydroxylation is 1. The summed E-state index contributed by atoms with van der Waals surface area (Å²) in [7, 11) is 0. The van der Waals surface area contributed by atoms with Crippen LogP contribution in [0, 0.1) is 6.92 Å². The summed E-state index contributed by atoms with van der Waals surface area (Å²) < 4.78 is 10.8. The van der Waals surface area contributed by atoms with Crippen LogP contribution in [0.3, 0.4) is 0 Å². The molecule has 17 heavy (non-hydrogen) atoms. The predicted molar refractivity (Wildman–Crippen MR) is 68.2 cm³/mol. The molecule has 0 aliphatic heterocycles. The van der Waals surface area contributed by atoms with Crippen molar-refractivity contribution in [2.24, 2.45) is 0 Å². The highest BCUT2D eigenvalue weighted by Crippen LogP contribution is 2.23. The zero-order valence-electron chi connectivity index (χ0n) is 10.7. The summed E-state index contributed by atoms with van der Waals surface area (Å²) in [6, 6.07) is 6.99. The van der Waals surface area contributed by atoms with Gasteiger partial charge in [0.25, 0.3) is 0 Å². The van der Waals surface area contributed by atoms with Gasteiger partial charge in [-0.15, -0.1) is 0 Å². The Kier molecular flexibility index (Phi) is 4.40. The van der Waals surface area contributed by atoms with Crippen LogP contribution < -0.4 is 10.1 Å². The number of hydrogen-bond donors (Lipinski definition) is 1. The molecule has 1 aromatic rings. The van der Waals surface area contributed by atoms with Gasteiger partial charge in [-0.1, -0.05) is 17.7 Å². The molecule has 0 aromatic heterocycles. The number of nitrogens with one attached hydrogen (secondary N) is 1. The molecule has 0 atom stereocenters. The molecule has 1 aliphatic carbocycles. The van der Waals surface area contributed by atoms with Gasteiger partial charge in [-0.25, -0.2) is 0 Å². The minimum atomic E-state index is 0.329. The fraction of sp³-hybridized carbons (Fsp3) is 0.571. The second kappa shape index (κ2) is 6.03. The predicted octanol–water partition coefficient (Wildman–Crippen LogP) is 2.62. The first-order valence-corrected chi connectivity index (χ1v) is 6.33. The maximum absolute atomic E-state index is 5.62. The fourth-order valence-electron chi connectivity index (χ4n) is 1.72. The van der Waals surface area contributed by atoms with Crippen LogP contribution in [0.2, 0.25) is 0 Å². The maximum Gasteiger partial charge on any atom is 0.189 e. The summed E-state index contributed by atoms with van der Waals surface area (Å²) in [6.45, 7) is 5.96. The Hall–Kier alpha value is -1.06. The molecule has 0 heterocycles. The highest BCUT2D eigenvalue weighted by atomic mass is 16.7. The van der Waals surface area contributed by atoms with Crippen LogP contribution in [0.4, 0.5) is 0 Å². The maximum atomic E-state index is 5.62. The van der Waals surface area contributed by atoms with Gasteiger partial charge < -0.3 is 14.8 Å². The van der Waals surface area contributed by atoms with Crippen molar-refractivity contribution < 1.29 is 9.47 Å². The van der Waals surface area contributed by atoms with Crippen LogP contribution in [0.15, 0.2) is 18.2 Å². The van der Waals surface area contributed by atoms with Gasteiger partial charge in [-0.05, 0) is 32.8 Å². The summed E-state index contributed by atoms with van der Waals surface area (Å²) in [5, 5.41) is 3.51. The van der Waals surface area contributed by atoms with E-state index in [4.69, 9.17) is 9.47 Å². The molecule has 1 saturated carbocycles. The molecule has 0 unspecified atom stereocenters. The van der Waals surface area contributed by atoms with E-state index in [2.05, 4.69) is 24.4 Å². The van der Waals surface area contributed by atoms with Crippen LogP contribution in [0.5, 0.6) is 5.75 Å². The third kappa shape index (κ3) is 4.02. The second-order valence-corrected chi connectivity index (χ2v) is 4.52. The summed E-state index contributed by atoms with van der Waals surface area (Å²) >= 11 is 0. The van der Waals surface area contributed by atoms with Crippen molar-refractivity contribution in [2.75, 3.05) is 13.4 Å². The average molecular weight is 235 g/mol. The Morgan fingerprint density at radius 2 is 2.18 bits per heavy atom. The topological polar surface area (TPSA) is 30.5 Å². The molecule has 1 N–H and O–H groups in total. The van der Waals surface area contributed by atoms with Crippen molar-refractivity contribution in [2.45, 2.75) is 39.3 Å². The SMILES string of the molecule is CCOCOc1ccc(C)cc1CNC1CC1. The Morgan fingerprint density at radius 1 is 1.35 bits per heavy atom. The second-order valence-electron chi connectivity index (χ2n) is 4.52. The molecular formula is C14H21NO2. The molecule has 2 rings (SSSR count). The first-order chi connectivity index (χ1) is 8.29. The number of benzene rings is 1. The van der Waals surface area contributed by atoms with Gasteiger partial charge in [0.05, 0.1) is 0 Å². The van der Waals surface area contributed by atoms with Crippen molar-refractivity contribution >= 4 is 0 Å². The number of hydrogen-bond acceptors (Lipinski definition) is 3. The minimum absolute atomic E-state index is 0.329. The molecule has 0 saturated heterocycles. The molecule has 0 amide bonds. The molecule has 1 aromatic carbocycles. The Labute approximate surface area is 103 Å². The van der Waals surface area contributed by atoms with Gasteiger partial charge in [-0.3, -0.25) is 0 Å². The quantitative estimate of drug-likeness (QED) is 0.582. The molecule has 1 fully saturated rings. The minimum Gasteiger partial charge on any atom is -0.467 e. The van der Waals surface area contributed by atoms with Gasteiger partial charge in [0.1, 0.15) is 5.75 Å². The number of rotatable bonds is 7. The molecule has 3 heteroatoms. The molecule has 0 radical (unpaired) electrons. The Morgan fingerprint density at radius 3 is 2.88 bits per heavy atom. The summed E-state index contributed by atoms with van der Waals surface area (Å²) in [5.74, 6) is 0.928. The van der Waals surface area contributed by atoms with E-state index in [0.29, 0.717) is 13.4 Å². The third-order valence-corrected chi connectivity index (χ3v) is 2.88. The smallest absolute Gasteiger partial charge is 0.189 e. The van der Waals surface area contributed by atoms with Crippen molar-refractivity contribution in [3.05, 3.63) is 29.3 Å². The first kappa shape index (κ1) is 12.4. The summed E-state index contributed by atoms with van der Waals surface area (Å²) in [6.07, 6.45) is 2.61. The summed E-state index contributed by atoms with van der Waals surface area (Å²) in [4.78, 5) is 0. The van der Waals surface area contributed by atoms with Crippen LogP contribution >= 0.6 is 0 Å². The van der Waals surface area contributed by atoms with Gasteiger partial charge in [-0.2, -0.15) is 0 Å². The van der Waals surface area contributed by atoms with Crippen molar-refractivity contribution in [3.63, 3.8) is 0 Å². The lowest BCUT2D eigenvalue weighted by molar-refractivity contribution is 0.0218. The average Bonchev–Trinajstić information content (AvgIpc) is 3.13. The van der Waals surface area contributed by atoms with Crippen LogP contribution in [0.25, 0.3) is 0 Å². The van der Waals surface area contributed by atoms with Gasteiger partial charge >= 0.3 is 0 Å². The van der Waals surface area contributed by atoms with Crippen molar-refractivity contribution in [1.82, 2.24) is 5.32 Å². The van der Waals surface area contributed by atoms with E-state index in [1.165, 1.54) is 24.0 Å². The van der Waals surface area contributed by atoms with E-state index >= 15 is 0 Å². The van der Waals surface area contributed by atoms with Crippen molar-refractivity contribution in [1.29, 1.82) is 0 Å². The van der Waals surface area contributed by atoms with E-state index in [0.717, 1.165) is 18.3 Å². The Bertz CT molecular complexity index is 361. The molecule has 94 valence electrons. The van der Waals surface area contributed by atoms with Crippen LogP contribution in [0.1, 0.15) is 30.9 Å². The fourth-order valence-corrected chi connectivity index (χ4v) is 1.72. The zero-order chi connectivity index (χ0) is 12.1. The first-order valence-electron chi connectivity index (χ1n) is 6.33. The van der Waals surface area contributed by atoms with Gasteiger partial charge in [0.2, 0.25) is 0 Å². The van der Waals surface area contributed by atoms with E-state index in [1.54, 1.807) is 0 Å². The molecule has 0 spiro atoms. The van der Waals surface area contributed by atoms with E-state index < -0.39 is 0 Å². The Balaban J connectivity index is 1.95. The highest BCUT2D eigenvalue weighted by Gasteiger charge is 2.20. The lowest BCUT2D eigenvalue weighted by Crippen LogP contribution is -2.16. The molecule has 0 bridgehead atoms. The van der Waals surface area contributed by atoms with Crippen molar-refractivity contribution in [3.8, 4) is 5.75 Å². The number of ether oxygens (including phenoxy) is 2.